The van der Waals surface area contributed by atoms with E-state index in [9.17, 15) is 9.18 Å². The van der Waals surface area contributed by atoms with Crippen LogP contribution in [0.3, 0.4) is 0 Å². The Morgan fingerprint density at radius 3 is 2.59 bits per heavy atom. The number of hydrogen-bond acceptors (Lipinski definition) is 3. The summed E-state index contributed by atoms with van der Waals surface area (Å²) < 4.78 is 17.7. The van der Waals surface area contributed by atoms with Crippen molar-refractivity contribution < 1.29 is 9.18 Å². The Balaban J connectivity index is 1.96. The summed E-state index contributed by atoms with van der Waals surface area (Å²) >= 11 is 0. The Kier molecular flexibility index (Phi) is 3.85. The van der Waals surface area contributed by atoms with E-state index in [4.69, 9.17) is 5.26 Å². The molecule has 0 spiro atoms. The maximum atomic E-state index is 14.2. The van der Waals surface area contributed by atoms with Gasteiger partial charge in [-0.2, -0.15) is 10.4 Å². The number of aldehydes is 1. The first-order valence-electron chi connectivity index (χ1n) is 8.30. The molecule has 0 fully saturated rings. The summed E-state index contributed by atoms with van der Waals surface area (Å²) in [6.07, 6.45) is 2.69. The van der Waals surface area contributed by atoms with Crippen molar-refractivity contribution in [3.8, 4) is 28.5 Å². The number of aromatic nitrogens is 3. The summed E-state index contributed by atoms with van der Waals surface area (Å²) in [6.45, 7) is 0. The fraction of sp³-hybridized carbons (Fsp3) is 0.0952. The van der Waals surface area contributed by atoms with Crippen LogP contribution in [-0.2, 0) is 14.1 Å². The molecule has 4 rings (SSSR count). The zero-order valence-corrected chi connectivity index (χ0v) is 14.8. The SMILES string of the molecule is Cn1cc2cc(-c3c(-c4ccc(C#N)c(F)c4)cc(C=O)n3C)ccc2n1. The first-order valence-corrected chi connectivity index (χ1v) is 8.30. The second kappa shape index (κ2) is 6.22. The molecule has 0 N–H and O–H groups in total. The van der Waals surface area contributed by atoms with Crippen LogP contribution < -0.4 is 0 Å². The average Bonchev–Trinajstić information content (AvgIpc) is 3.19. The van der Waals surface area contributed by atoms with Crippen molar-refractivity contribution in [1.82, 2.24) is 14.3 Å². The van der Waals surface area contributed by atoms with E-state index in [1.54, 1.807) is 28.4 Å². The second-order valence-electron chi connectivity index (χ2n) is 6.39. The van der Waals surface area contributed by atoms with Gasteiger partial charge < -0.3 is 4.57 Å². The van der Waals surface area contributed by atoms with Crippen LogP contribution >= 0.6 is 0 Å². The van der Waals surface area contributed by atoms with Crippen molar-refractivity contribution in [3.05, 3.63) is 65.7 Å². The van der Waals surface area contributed by atoms with E-state index in [1.807, 2.05) is 37.5 Å². The second-order valence-corrected chi connectivity index (χ2v) is 6.39. The van der Waals surface area contributed by atoms with Crippen molar-refractivity contribution >= 4 is 17.2 Å². The molecule has 0 saturated heterocycles. The predicted molar refractivity (Wildman–Crippen MR) is 101 cm³/mol. The van der Waals surface area contributed by atoms with Crippen LogP contribution in [0.5, 0.6) is 0 Å². The van der Waals surface area contributed by atoms with Gasteiger partial charge in [0.05, 0.1) is 22.5 Å². The fourth-order valence-corrected chi connectivity index (χ4v) is 3.37. The van der Waals surface area contributed by atoms with E-state index in [2.05, 4.69) is 5.10 Å². The van der Waals surface area contributed by atoms with Gasteiger partial charge in [0.15, 0.2) is 6.29 Å². The van der Waals surface area contributed by atoms with Gasteiger partial charge >= 0.3 is 0 Å². The largest absolute Gasteiger partial charge is 0.341 e. The molecule has 0 radical (unpaired) electrons. The lowest BCUT2D eigenvalue weighted by Crippen LogP contribution is -1.97. The monoisotopic (exact) mass is 358 g/mol. The molecule has 2 aromatic heterocycles. The molecule has 0 aliphatic heterocycles. The quantitative estimate of drug-likeness (QED) is 0.519. The van der Waals surface area contributed by atoms with E-state index < -0.39 is 5.82 Å². The zero-order chi connectivity index (χ0) is 19.1. The number of nitrogens with zero attached hydrogens (tertiary/aromatic N) is 4. The molecule has 2 aromatic carbocycles. The van der Waals surface area contributed by atoms with Crippen LogP contribution in [0.15, 0.2) is 48.7 Å². The highest BCUT2D eigenvalue weighted by Crippen LogP contribution is 2.36. The average molecular weight is 358 g/mol. The Morgan fingerprint density at radius 1 is 1.11 bits per heavy atom. The van der Waals surface area contributed by atoms with Crippen molar-refractivity contribution in [2.24, 2.45) is 14.1 Å². The Hall–Kier alpha value is -3.72. The molecule has 27 heavy (non-hydrogen) atoms. The van der Waals surface area contributed by atoms with Gasteiger partial charge in [-0.1, -0.05) is 12.1 Å². The number of fused-ring (bicyclic) bond motifs is 1. The van der Waals surface area contributed by atoms with Gasteiger partial charge in [-0.3, -0.25) is 9.48 Å². The Bertz CT molecular complexity index is 1240. The minimum Gasteiger partial charge on any atom is -0.341 e. The van der Waals surface area contributed by atoms with Gasteiger partial charge in [0.1, 0.15) is 11.9 Å². The van der Waals surface area contributed by atoms with Crippen LogP contribution in [-0.4, -0.2) is 20.6 Å². The van der Waals surface area contributed by atoms with Crippen LogP contribution in [0.1, 0.15) is 16.1 Å². The topological polar surface area (TPSA) is 63.6 Å². The number of nitriles is 1. The third kappa shape index (κ3) is 2.70. The predicted octanol–water partition coefficient (Wildman–Crippen LogP) is 4.07. The minimum absolute atomic E-state index is 0.0105. The molecule has 132 valence electrons. The Labute approximate surface area is 154 Å². The van der Waals surface area contributed by atoms with E-state index in [0.717, 1.165) is 34.0 Å². The molecule has 0 amide bonds. The van der Waals surface area contributed by atoms with Crippen LogP contribution in [0, 0.1) is 17.1 Å². The molecule has 5 nitrogen and oxygen atoms in total. The first-order chi connectivity index (χ1) is 13.0. The molecule has 0 saturated carbocycles. The van der Waals surface area contributed by atoms with Crippen LogP contribution in [0.4, 0.5) is 4.39 Å². The van der Waals surface area contributed by atoms with Gasteiger partial charge in [0.2, 0.25) is 0 Å². The number of halogens is 1. The molecule has 0 atom stereocenters. The smallest absolute Gasteiger partial charge is 0.166 e. The van der Waals surface area contributed by atoms with Gasteiger partial charge in [0, 0.05) is 31.2 Å². The highest BCUT2D eigenvalue weighted by molar-refractivity contribution is 5.91. The molecule has 0 unspecified atom stereocenters. The lowest BCUT2D eigenvalue weighted by Gasteiger charge is -2.10. The third-order valence-corrected chi connectivity index (χ3v) is 4.68. The molecule has 0 bridgehead atoms. The molecule has 0 aliphatic rings. The summed E-state index contributed by atoms with van der Waals surface area (Å²) in [5, 5.41) is 14.3. The van der Waals surface area contributed by atoms with Crippen LogP contribution in [0.2, 0.25) is 0 Å². The number of carbonyl (C=O) groups excluding carboxylic acids is 1. The van der Waals surface area contributed by atoms with Crippen LogP contribution in [0.25, 0.3) is 33.3 Å². The maximum absolute atomic E-state index is 14.2. The summed E-state index contributed by atoms with van der Waals surface area (Å²) in [5.41, 5.74) is 4.37. The lowest BCUT2D eigenvalue weighted by molar-refractivity contribution is 0.111. The summed E-state index contributed by atoms with van der Waals surface area (Å²) in [4.78, 5) is 11.5. The van der Waals surface area contributed by atoms with Gasteiger partial charge in [-0.25, -0.2) is 4.39 Å². The van der Waals surface area contributed by atoms with Crippen molar-refractivity contribution in [2.75, 3.05) is 0 Å². The van der Waals surface area contributed by atoms with E-state index in [1.165, 1.54) is 12.1 Å². The number of aryl methyl sites for hydroxylation is 1. The van der Waals surface area contributed by atoms with Gasteiger partial charge in [-0.15, -0.1) is 0 Å². The molecule has 0 aliphatic carbocycles. The van der Waals surface area contributed by atoms with Crippen molar-refractivity contribution in [3.63, 3.8) is 0 Å². The highest BCUT2D eigenvalue weighted by atomic mass is 19.1. The third-order valence-electron chi connectivity index (χ3n) is 4.68. The zero-order valence-electron chi connectivity index (χ0n) is 14.8. The molecule has 6 heteroatoms. The normalized spacial score (nSPS) is 10.9. The van der Waals surface area contributed by atoms with Gasteiger partial charge in [-0.05, 0) is 41.5 Å². The molecular formula is C21H15FN4O. The molecule has 2 heterocycles. The lowest BCUT2D eigenvalue weighted by atomic mass is 9.99. The highest BCUT2D eigenvalue weighted by Gasteiger charge is 2.17. The number of rotatable bonds is 3. The van der Waals surface area contributed by atoms with E-state index in [0.29, 0.717) is 11.3 Å². The number of hydrogen-bond donors (Lipinski definition) is 0. The fourth-order valence-electron chi connectivity index (χ4n) is 3.37. The van der Waals surface area contributed by atoms with Gasteiger partial charge in [0.25, 0.3) is 0 Å². The van der Waals surface area contributed by atoms with E-state index in [-0.39, 0.29) is 5.56 Å². The first kappa shape index (κ1) is 16.7. The number of carbonyl (C=O) groups is 1. The summed E-state index contributed by atoms with van der Waals surface area (Å²) in [5.74, 6) is -0.583. The maximum Gasteiger partial charge on any atom is 0.166 e. The minimum atomic E-state index is -0.583. The summed E-state index contributed by atoms with van der Waals surface area (Å²) in [6, 6.07) is 13.9. The van der Waals surface area contributed by atoms with E-state index >= 15 is 0 Å². The Morgan fingerprint density at radius 2 is 1.89 bits per heavy atom. The molecule has 4 aromatic rings. The number of benzene rings is 2. The molecular weight excluding hydrogens is 343 g/mol. The summed E-state index contributed by atoms with van der Waals surface area (Å²) in [7, 11) is 3.66. The standard InChI is InChI=1S/C21H15FN4O/c1-25-11-16-7-14(5-6-20(16)24-25)21-18(9-17(12-27)26(21)2)13-3-4-15(10-23)19(22)8-13/h3-9,11-12H,1-2H3. The van der Waals surface area contributed by atoms with Crippen molar-refractivity contribution in [2.45, 2.75) is 0 Å². The van der Waals surface area contributed by atoms with Crippen molar-refractivity contribution in [1.29, 1.82) is 5.26 Å².